The van der Waals surface area contributed by atoms with Gasteiger partial charge in [-0.25, -0.2) is 13.1 Å². The van der Waals surface area contributed by atoms with Crippen LogP contribution < -0.4 is 14.2 Å². The number of fused-ring (bicyclic) bond motifs is 2. The molecule has 1 atom stereocenters. The number of ether oxygens (including phenoxy) is 3. The fraction of sp³-hybridized carbons (Fsp3) is 0.333. The summed E-state index contributed by atoms with van der Waals surface area (Å²) in [5.74, 6) is 1.02. The van der Waals surface area contributed by atoms with Crippen molar-refractivity contribution in [3.63, 3.8) is 0 Å². The van der Waals surface area contributed by atoms with Gasteiger partial charge in [-0.2, -0.15) is 0 Å². The maximum Gasteiger partial charge on any atom is 0.240 e. The molecule has 132 valence electrons. The Morgan fingerprint density at radius 1 is 1.00 bits per heavy atom. The third-order valence-corrected chi connectivity index (χ3v) is 5.79. The molecule has 2 heterocycles. The summed E-state index contributed by atoms with van der Waals surface area (Å²) in [5.41, 5.74) is 2.37. The van der Waals surface area contributed by atoms with Gasteiger partial charge in [-0.15, -0.1) is 0 Å². The predicted octanol–water partition coefficient (Wildman–Crippen LogP) is 1.88. The minimum Gasteiger partial charge on any atom is -0.486 e. The molecule has 0 amide bonds. The van der Waals surface area contributed by atoms with E-state index in [1.54, 1.807) is 6.07 Å². The molecule has 2 aromatic rings. The lowest BCUT2D eigenvalue weighted by Crippen LogP contribution is -2.36. The van der Waals surface area contributed by atoms with Gasteiger partial charge < -0.3 is 14.2 Å². The number of hydrogen-bond acceptors (Lipinski definition) is 5. The normalized spacial score (nSPS) is 19.3. The predicted molar refractivity (Wildman–Crippen MR) is 91.3 cm³/mol. The van der Waals surface area contributed by atoms with Crippen molar-refractivity contribution >= 4 is 10.0 Å². The summed E-state index contributed by atoms with van der Waals surface area (Å²) >= 11 is 0. The fourth-order valence-corrected chi connectivity index (χ4v) is 4.10. The molecule has 0 spiro atoms. The van der Waals surface area contributed by atoms with Gasteiger partial charge in [-0.1, -0.05) is 24.3 Å². The van der Waals surface area contributed by atoms with Gasteiger partial charge in [0.15, 0.2) is 11.5 Å². The van der Waals surface area contributed by atoms with Gasteiger partial charge in [0.1, 0.15) is 13.2 Å². The van der Waals surface area contributed by atoms with Crippen molar-refractivity contribution in [1.82, 2.24) is 4.72 Å². The van der Waals surface area contributed by atoms with Crippen LogP contribution in [0, 0.1) is 0 Å². The average molecular weight is 361 g/mol. The minimum atomic E-state index is -3.64. The Bertz CT molecular complexity index is 881. The lowest BCUT2D eigenvalue weighted by atomic mass is 9.99. The van der Waals surface area contributed by atoms with Crippen LogP contribution in [0.15, 0.2) is 47.4 Å². The zero-order valence-corrected chi connectivity index (χ0v) is 14.4. The molecule has 1 unspecified atom stereocenters. The van der Waals surface area contributed by atoms with Crippen LogP contribution in [0.4, 0.5) is 0 Å². The van der Waals surface area contributed by atoms with Gasteiger partial charge in [0.05, 0.1) is 17.6 Å². The van der Waals surface area contributed by atoms with Crippen LogP contribution in [-0.2, 0) is 27.8 Å². The third kappa shape index (κ3) is 3.49. The van der Waals surface area contributed by atoms with Crippen molar-refractivity contribution in [2.45, 2.75) is 24.0 Å². The summed E-state index contributed by atoms with van der Waals surface area (Å²) in [6.07, 6.45) is 0.515. The van der Waals surface area contributed by atoms with Crippen molar-refractivity contribution in [2.75, 3.05) is 19.8 Å². The minimum absolute atomic E-state index is 0.160. The first-order valence-corrected chi connectivity index (χ1v) is 9.68. The lowest BCUT2D eigenvalue weighted by molar-refractivity contribution is 0.0322. The van der Waals surface area contributed by atoms with Crippen molar-refractivity contribution < 1.29 is 22.6 Å². The average Bonchev–Trinajstić information content (AvgIpc) is 2.66. The molecule has 0 aromatic heterocycles. The SMILES string of the molecule is O=S(=O)(NCC1Cc2ccccc2CO1)c1ccc2c(c1)OCCO2. The highest BCUT2D eigenvalue weighted by molar-refractivity contribution is 7.89. The molecule has 1 N–H and O–H groups in total. The summed E-state index contributed by atoms with van der Waals surface area (Å²) in [7, 11) is -3.64. The van der Waals surface area contributed by atoms with Gasteiger partial charge in [0.2, 0.25) is 10.0 Å². The second kappa shape index (κ2) is 6.67. The zero-order valence-electron chi connectivity index (χ0n) is 13.6. The first-order chi connectivity index (χ1) is 12.1. The molecular formula is C18H19NO5S. The van der Waals surface area contributed by atoms with Crippen LogP contribution in [-0.4, -0.2) is 34.3 Å². The molecule has 6 nitrogen and oxygen atoms in total. The van der Waals surface area contributed by atoms with E-state index in [9.17, 15) is 8.42 Å². The van der Waals surface area contributed by atoms with Crippen LogP contribution in [0.2, 0.25) is 0 Å². The largest absolute Gasteiger partial charge is 0.486 e. The van der Waals surface area contributed by atoms with Crippen molar-refractivity contribution in [3.8, 4) is 11.5 Å². The van der Waals surface area contributed by atoms with Crippen LogP contribution in [0.1, 0.15) is 11.1 Å². The topological polar surface area (TPSA) is 73.9 Å². The number of hydrogen-bond donors (Lipinski definition) is 1. The van der Waals surface area contributed by atoms with Gasteiger partial charge in [0, 0.05) is 19.0 Å². The highest BCUT2D eigenvalue weighted by Gasteiger charge is 2.23. The summed E-state index contributed by atoms with van der Waals surface area (Å²) in [6.45, 7) is 1.62. The van der Waals surface area contributed by atoms with E-state index in [0.717, 1.165) is 5.56 Å². The summed E-state index contributed by atoms with van der Waals surface area (Å²) in [6, 6.07) is 12.7. The molecule has 25 heavy (non-hydrogen) atoms. The van der Waals surface area contributed by atoms with Crippen molar-refractivity contribution in [3.05, 3.63) is 53.6 Å². The molecule has 7 heteroatoms. The van der Waals surface area contributed by atoms with Gasteiger partial charge in [-0.3, -0.25) is 0 Å². The monoisotopic (exact) mass is 361 g/mol. The molecule has 4 rings (SSSR count). The summed E-state index contributed by atoms with van der Waals surface area (Å²) in [5, 5.41) is 0. The Balaban J connectivity index is 1.44. The van der Waals surface area contributed by atoms with Gasteiger partial charge in [-0.05, 0) is 23.3 Å². The first kappa shape index (κ1) is 16.4. The Kier molecular flexibility index (Phi) is 4.37. The number of benzene rings is 2. The summed E-state index contributed by atoms with van der Waals surface area (Å²) in [4.78, 5) is 0.160. The van der Waals surface area contributed by atoms with E-state index in [0.29, 0.717) is 37.7 Å². The smallest absolute Gasteiger partial charge is 0.240 e. The second-order valence-corrected chi connectivity index (χ2v) is 7.83. The highest BCUT2D eigenvalue weighted by Crippen LogP contribution is 2.32. The Hall–Kier alpha value is -2.09. The Morgan fingerprint density at radius 2 is 1.76 bits per heavy atom. The Labute approximate surface area is 146 Å². The number of sulfonamides is 1. The third-order valence-electron chi connectivity index (χ3n) is 4.37. The second-order valence-electron chi connectivity index (χ2n) is 6.06. The van der Waals surface area contributed by atoms with E-state index in [1.165, 1.54) is 17.7 Å². The molecule has 0 aliphatic carbocycles. The lowest BCUT2D eigenvalue weighted by Gasteiger charge is -2.25. The first-order valence-electron chi connectivity index (χ1n) is 8.19. The molecule has 2 aromatic carbocycles. The molecule has 0 saturated carbocycles. The van der Waals surface area contributed by atoms with E-state index >= 15 is 0 Å². The maximum atomic E-state index is 12.5. The quantitative estimate of drug-likeness (QED) is 0.900. The molecule has 0 radical (unpaired) electrons. The molecule has 0 bridgehead atoms. The zero-order chi connectivity index (χ0) is 17.3. The van der Waals surface area contributed by atoms with Crippen molar-refractivity contribution in [2.24, 2.45) is 0 Å². The van der Waals surface area contributed by atoms with E-state index < -0.39 is 10.0 Å². The van der Waals surface area contributed by atoms with Crippen molar-refractivity contribution in [1.29, 1.82) is 0 Å². The molecular weight excluding hydrogens is 342 g/mol. The summed E-state index contributed by atoms with van der Waals surface area (Å²) < 4.78 is 44.3. The van der Waals surface area contributed by atoms with Gasteiger partial charge in [0.25, 0.3) is 0 Å². The van der Waals surface area contributed by atoms with E-state index in [2.05, 4.69) is 10.8 Å². The Morgan fingerprint density at radius 3 is 2.60 bits per heavy atom. The number of rotatable bonds is 4. The van der Waals surface area contributed by atoms with Crippen LogP contribution in [0.5, 0.6) is 11.5 Å². The van der Waals surface area contributed by atoms with Crippen LogP contribution in [0.3, 0.4) is 0 Å². The maximum absolute atomic E-state index is 12.5. The van der Waals surface area contributed by atoms with E-state index in [-0.39, 0.29) is 17.5 Å². The standard InChI is InChI=1S/C18H19NO5S/c20-25(21,16-5-6-17-18(10-16)23-8-7-22-17)19-11-15-9-13-3-1-2-4-14(13)12-24-15/h1-6,10,15,19H,7-9,11-12H2. The van der Waals surface area contributed by atoms with E-state index in [1.807, 2.05) is 18.2 Å². The van der Waals surface area contributed by atoms with Crippen LogP contribution >= 0.6 is 0 Å². The molecule has 2 aliphatic heterocycles. The fourth-order valence-electron chi connectivity index (χ4n) is 3.02. The van der Waals surface area contributed by atoms with E-state index in [4.69, 9.17) is 14.2 Å². The molecule has 0 saturated heterocycles. The molecule has 0 fully saturated rings. The van der Waals surface area contributed by atoms with Gasteiger partial charge >= 0.3 is 0 Å². The highest BCUT2D eigenvalue weighted by atomic mass is 32.2. The number of nitrogens with one attached hydrogen (secondary N) is 1. The molecule has 2 aliphatic rings. The van der Waals surface area contributed by atoms with Crippen LogP contribution in [0.25, 0.3) is 0 Å².